The van der Waals surface area contributed by atoms with Crippen LogP contribution in [0.5, 0.6) is 5.75 Å². The summed E-state index contributed by atoms with van der Waals surface area (Å²) in [7, 11) is 0. The van der Waals surface area contributed by atoms with Crippen LogP contribution in [0.25, 0.3) is 0 Å². The summed E-state index contributed by atoms with van der Waals surface area (Å²) in [4.78, 5) is 7.96. The first kappa shape index (κ1) is 13.8. The molecular formula is C15H15BrN2OS. The van der Waals surface area contributed by atoms with Gasteiger partial charge in [0.05, 0.1) is 10.4 Å². The highest BCUT2D eigenvalue weighted by molar-refractivity contribution is 9.10. The van der Waals surface area contributed by atoms with Crippen LogP contribution in [-0.2, 0) is 0 Å². The summed E-state index contributed by atoms with van der Waals surface area (Å²) in [6.45, 7) is 4.87. The summed E-state index contributed by atoms with van der Waals surface area (Å²) in [5.41, 5.74) is 2.26. The summed E-state index contributed by atoms with van der Waals surface area (Å²) in [6, 6.07) is 8.09. The van der Waals surface area contributed by atoms with Crippen LogP contribution in [0.4, 0.5) is 0 Å². The van der Waals surface area contributed by atoms with Crippen LogP contribution in [0.15, 0.2) is 28.7 Å². The van der Waals surface area contributed by atoms with E-state index in [0.29, 0.717) is 17.2 Å². The van der Waals surface area contributed by atoms with Gasteiger partial charge >= 0.3 is 0 Å². The Morgan fingerprint density at radius 2 is 2.15 bits per heavy atom. The first-order valence-corrected chi connectivity index (χ1v) is 7.79. The van der Waals surface area contributed by atoms with E-state index >= 15 is 0 Å². The molecule has 1 aliphatic rings. The Hall–Kier alpha value is -1.20. The lowest BCUT2D eigenvalue weighted by Crippen LogP contribution is -2.11. The van der Waals surface area contributed by atoms with Gasteiger partial charge in [-0.05, 0) is 27.9 Å². The van der Waals surface area contributed by atoms with Crippen LogP contribution in [0.1, 0.15) is 42.8 Å². The summed E-state index contributed by atoms with van der Waals surface area (Å²) < 4.78 is 7.22. The highest BCUT2D eigenvalue weighted by Crippen LogP contribution is 2.37. The van der Waals surface area contributed by atoms with Crippen molar-refractivity contribution < 1.29 is 4.74 Å². The summed E-state index contributed by atoms with van der Waals surface area (Å²) >= 11 is 8.89. The predicted octanol–water partition coefficient (Wildman–Crippen LogP) is 4.55. The monoisotopic (exact) mass is 350 g/mol. The van der Waals surface area contributed by atoms with Gasteiger partial charge in [0.25, 0.3) is 0 Å². The molecule has 0 saturated heterocycles. The van der Waals surface area contributed by atoms with Gasteiger partial charge in [-0.25, -0.2) is 4.98 Å². The Morgan fingerprint density at radius 3 is 2.90 bits per heavy atom. The molecule has 0 fully saturated rings. The van der Waals surface area contributed by atoms with Gasteiger partial charge in [0, 0.05) is 11.3 Å². The lowest BCUT2D eigenvalue weighted by molar-refractivity contribution is 0.339. The van der Waals surface area contributed by atoms with Crippen LogP contribution in [0.2, 0.25) is 0 Å². The van der Waals surface area contributed by atoms with Crippen molar-refractivity contribution in [2.75, 3.05) is 6.61 Å². The average molecular weight is 351 g/mol. The maximum absolute atomic E-state index is 5.73. The molecule has 3 nitrogen and oxygen atoms in total. The fourth-order valence-corrected chi connectivity index (χ4v) is 3.30. The number of H-pyrrole nitrogens is 1. The van der Waals surface area contributed by atoms with E-state index in [9.17, 15) is 0 Å². The van der Waals surface area contributed by atoms with Crippen molar-refractivity contribution in [1.82, 2.24) is 9.97 Å². The Morgan fingerprint density at radius 1 is 1.40 bits per heavy atom. The lowest BCUT2D eigenvalue weighted by Gasteiger charge is -2.14. The van der Waals surface area contributed by atoms with Crippen molar-refractivity contribution in [2.24, 2.45) is 0 Å². The zero-order valence-corrected chi connectivity index (χ0v) is 13.7. The third-order valence-electron chi connectivity index (χ3n) is 3.52. The number of ether oxygens (including phenoxy) is 1. The normalized spacial score (nSPS) is 17.1. The molecule has 2 heterocycles. The number of fused-ring (bicyclic) bond motifs is 1. The highest BCUT2D eigenvalue weighted by atomic mass is 79.9. The zero-order chi connectivity index (χ0) is 14.3. The predicted molar refractivity (Wildman–Crippen MR) is 85.0 cm³/mol. The fraction of sp³-hybridized carbons (Fsp3) is 0.333. The molecule has 1 aromatic heterocycles. The molecular weight excluding hydrogens is 336 g/mol. The van der Waals surface area contributed by atoms with E-state index < -0.39 is 0 Å². The summed E-state index contributed by atoms with van der Waals surface area (Å²) in [6.07, 6.45) is 0. The molecule has 1 aromatic carbocycles. The molecule has 104 valence electrons. The van der Waals surface area contributed by atoms with Crippen molar-refractivity contribution >= 4 is 28.1 Å². The standard InChI is InChI=1S/C15H15BrN2OS/c1-8(2)13-12(16)15(20)18-14(17-13)10-7-19-11-6-4-3-5-9(10)11/h3-6,8,10H,7H2,1-2H3,(H,17,18,20). The van der Waals surface area contributed by atoms with E-state index in [-0.39, 0.29) is 5.92 Å². The van der Waals surface area contributed by atoms with Crippen molar-refractivity contribution in [2.45, 2.75) is 25.7 Å². The molecule has 5 heteroatoms. The van der Waals surface area contributed by atoms with E-state index in [1.54, 1.807) is 0 Å². The van der Waals surface area contributed by atoms with E-state index in [4.69, 9.17) is 17.0 Å². The molecule has 3 rings (SSSR count). The minimum Gasteiger partial charge on any atom is -0.492 e. The number of hydrogen-bond donors (Lipinski definition) is 1. The van der Waals surface area contributed by atoms with Gasteiger partial charge in [-0.3, -0.25) is 0 Å². The smallest absolute Gasteiger partial charge is 0.144 e. The van der Waals surface area contributed by atoms with Gasteiger partial charge in [-0.1, -0.05) is 44.3 Å². The zero-order valence-electron chi connectivity index (χ0n) is 11.3. The van der Waals surface area contributed by atoms with Gasteiger partial charge in [-0.2, -0.15) is 0 Å². The Labute approximate surface area is 131 Å². The van der Waals surface area contributed by atoms with Crippen molar-refractivity contribution in [3.05, 3.63) is 50.5 Å². The number of rotatable bonds is 2. The lowest BCUT2D eigenvalue weighted by atomic mass is 10.00. The van der Waals surface area contributed by atoms with Crippen molar-refractivity contribution in [3.63, 3.8) is 0 Å². The summed E-state index contributed by atoms with van der Waals surface area (Å²) in [5.74, 6) is 2.29. The molecule has 0 aliphatic carbocycles. The number of nitrogens with zero attached hydrogens (tertiary/aromatic N) is 1. The minimum atomic E-state index is 0.124. The van der Waals surface area contributed by atoms with E-state index in [1.807, 2.05) is 18.2 Å². The number of hydrogen-bond acceptors (Lipinski definition) is 3. The molecule has 0 spiro atoms. The SMILES string of the molecule is CC(C)c1[nH]c(C2COc3ccccc32)nc(=S)c1Br. The number of nitrogens with one attached hydrogen (secondary N) is 1. The summed E-state index contributed by atoms with van der Waals surface area (Å²) in [5, 5.41) is 0. The maximum Gasteiger partial charge on any atom is 0.144 e. The molecule has 0 amide bonds. The minimum absolute atomic E-state index is 0.124. The Kier molecular flexibility index (Phi) is 3.65. The number of aromatic amines is 1. The van der Waals surface area contributed by atoms with Crippen molar-refractivity contribution in [3.8, 4) is 5.75 Å². The molecule has 1 aliphatic heterocycles. The second kappa shape index (κ2) is 5.30. The van der Waals surface area contributed by atoms with Crippen LogP contribution >= 0.6 is 28.1 Å². The highest BCUT2D eigenvalue weighted by Gasteiger charge is 2.28. The van der Waals surface area contributed by atoms with Crippen LogP contribution in [0, 0.1) is 4.64 Å². The van der Waals surface area contributed by atoms with E-state index in [0.717, 1.165) is 21.7 Å². The quantitative estimate of drug-likeness (QED) is 0.807. The molecule has 1 unspecified atom stereocenters. The maximum atomic E-state index is 5.73. The fourth-order valence-electron chi connectivity index (χ4n) is 2.45. The second-order valence-corrected chi connectivity index (χ2v) is 6.39. The molecule has 1 atom stereocenters. The second-order valence-electron chi connectivity index (χ2n) is 5.21. The number of para-hydroxylation sites is 1. The first-order chi connectivity index (χ1) is 9.58. The molecule has 0 bridgehead atoms. The Bertz CT molecular complexity index is 711. The molecule has 0 saturated carbocycles. The van der Waals surface area contributed by atoms with E-state index in [2.05, 4.69) is 45.8 Å². The van der Waals surface area contributed by atoms with Gasteiger partial charge < -0.3 is 9.72 Å². The third kappa shape index (κ3) is 2.29. The molecule has 0 radical (unpaired) electrons. The van der Waals surface area contributed by atoms with Gasteiger partial charge in [0.2, 0.25) is 0 Å². The topological polar surface area (TPSA) is 37.9 Å². The van der Waals surface area contributed by atoms with Crippen molar-refractivity contribution in [1.29, 1.82) is 0 Å². The molecule has 1 N–H and O–H groups in total. The number of aromatic nitrogens is 2. The Balaban J connectivity index is 2.11. The molecule has 2 aromatic rings. The van der Waals surface area contributed by atoms with E-state index in [1.165, 1.54) is 5.56 Å². The van der Waals surface area contributed by atoms with Crippen LogP contribution in [-0.4, -0.2) is 16.6 Å². The van der Waals surface area contributed by atoms with Crippen LogP contribution in [0.3, 0.4) is 0 Å². The third-order valence-corrected chi connectivity index (χ3v) is 4.88. The first-order valence-electron chi connectivity index (χ1n) is 6.59. The number of halogens is 1. The largest absolute Gasteiger partial charge is 0.492 e. The van der Waals surface area contributed by atoms with Crippen LogP contribution < -0.4 is 4.74 Å². The van der Waals surface area contributed by atoms with Gasteiger partial charge in [0.15, 0.2) is 0 Å². The average Bonchev–Trinajstić information content (AvgIpc) is 2.85. The number of benzene rings is 1. The van der Waals surface area contributed by atoms with Gasteiger partial charge in [0.1, 0.15) is 22.8 Å². The molecule has 20 heavy (non-hydrogen) atoms. The van der Waals surface area contributed by atoms with Gasteiger partial charge in [-0.15, -0.1) is 0 Å².